The van der Waals surface area contributed by atoms with Gasteiger partial charge in [-0.15, -0.1) is 0 Å². The third-order valence-corrected chi connectivity index (χ3v) is 3.92. The lowest BCUT2D eigenvalue weighted by Gasteiger charge is -2.05. The van der Waals surface area contributed by atoms with E-state index in [-0.39, 0.29) is 0 Å². The Kier molecular flexibility index (Phi) is 3.90. The molecule has 0 saturated carbocycles. The molecule has 0 amide bonds. The van der Waals surface area contributed by atoms with Crippen LogP contribution in [0.5, 0.6) is 5.75 Å². The number of benzene rings is 1. The quantitative estimate of drug-likeness (QED) is 0.899. The van der Waals surface area contributed by atoms with Crippen LogP contribution in [0, 0.1) is 0 Å². The van der Waals surface area contributed by atoms with Crippen LogP contribution in [0.1, 0.15) is 29.7 Å². The molecular weight excluding hydrogens is 250 g/mol. The van der Waals surface area contributed by atoms with Crippen molar-refractivity contribution in [2.75, 3.05) is 19.0 Å². The van der Waals surface area contributed by atoms with E-state index in [9.17, 15) is 0 Å². The zero-order chi connectivity index (χ0) is 13.8. The first-order valence-electron chi connectivity index (χ1n) is 7.30. The number of nitrogens with one attached hydrogen (secondary N) is 2. The van der Waals surface area contributed by atoms with E-state index < -0.39 is 0 Å². The highest BCUT2D eigenvalue weighted by Crippen LogP contribution is 2.23. The topological polar surface area (TPSA) is 49.9 Å². The molecule has 20 heavy (non-hydrogen) atoms. The minimum absolute atomic E-state index is 0.911. The molecule has 2 heterocycles. The van der Waals surface area contributed by atoms with Crippen molar-refractivity contribution in [3.63, 3.8) is 0 Å². The molecule has 4 nitrogen and oxygen atoms in total. The molecule has 0 unspecified atom stereocenters. The van der Waals surface area contributed by atoms with E-state index in [1.54, 1.807) is 7.11 Å². The zero-order valence-corrected chi connectivity index (χ0v) is 11.9. The second-order valence-electron chi connectivity index (χ2n) is 5.26. The minimum Gasteiger partial charge on any atom is -0.497 e. The van der Waals surface area contributed by atoms with Gasteiger partial charge in [-0.2, -0.15) is 5.10 Å². The number of hydrogen-bond acceptors (Lipinski definition) is 3. The fourth-order valence-electron chi connectivity index (χ4n) is 2.72. The predicted molar refractivity (Wildman–Crippen MR) is 80.4 cm³/mol. The molecule has 3 rings (SSSR count). The van der Waals surface area contributed by atoms with Crippen molar-refractivity contribution in [3.05, 3.63) is 41.1 Å². The number of aryl methyl sites for hydroxylation is 2. The van der Waals surface area contributed by atoms with Crippen molar-refractivity contribution < 1.29 is 4.74 Å². The number of rotatable bonds is 4. The average molecular weight is 271 g/mol. The summed E-state index contributed by atoms with van der Waals surface area (Å²) in [6, 6.07) is 8.30. The lowest BCUT2D eigenvalue weighted by Crippen LogP contribution is -1.99. The van der Waals surface area contributed by atoms with Gasteiger partial charge in [-0.05, 0) is 49.8 Å². The number of aromatic amines is 1. The first-order valence-corrected chi connectivity index (χ1v) is 7.30. The van der Waals surface area contributed by atoms with Gasteiger partial charge in [0.2, 0.25) is 0 Å². The maximum absolute atomic E-state index is 5.18. The minimum atomic E-state index is 0.911. The normalized spacial score (nSPS) is 14.2. The van der Waals surface area contributed by atoms with Crippen LogP contribution in [0.15, 0.2) is 24.3 Å². The number of hydrogen-bond donors (Lipinski definition) is 2. The highest BCUT2D eigenvalue weighted by Gasteiger charge is 2.15. The fourth-order valence-corrected chi connectivity index (χ4v) is 2.72. The molecule has 1 aliphatic heterocycles. The standard InChI is InChI=1S/C16H21N3O/c1-20-13-8-5-12(6-9-13)7-10-15-14-4-2-3-11-17-16(14)19-18-15/h5-6,8-9H,2-4,7,10-11H2,1H3,(H2,17,18,19). The summed E-state index contributed by atoms with van der Waals surface area (Å²) in [7, 11) is 1.70. The third-order valence-electron chi connectivity index (χ3n) is 3.92. The van der Waals surface area contributed by atoms with Gasteiger partial charge in [-0.1, -0.05) is 12.1 Å². The van der Waals surface area contributed by atoms with Crippen LogP contribution < -0.4 is 10.1 Å². The Morgan fingerprint density at radius 2 is 2.00 bits per heavy atom. The summed E-state index contributed by atoms with van der Waals surface area (Å²) in [6.45, 7) is 1.04. The number of nitrogens with zero attached hydrogens (tertiary/aromatic N) is 1. The molecular formula is C16H21N3O. The maximum atomic E-state index is 5.18. The molecule has 1 aromatic heterocycles. The fraction of sp³-hybridized carbons (Fsp3) is 0.438. The Balaban J connectivity index is 1.67. The van der Waals surface area contributed by atoms with E-state index in [0.717, 1.165) is 37.4 Å². The van der Waals surface area contributed by atoms with E-state index in [1.165, 1.54) is 29.7 Å². The van der Waals surface area contributed by atoms with Gasteiger partial charge in [0.1, 0.15) is 5.75 Å². The van der Waals surface area contributed by atoms with Gasteiger partial charge < -0.3 is 10.1 Å². The number of fused-ring (bicyclic) bond motifs is 1. The first kappa shape index (κ1) is 13.0. The summed E-state index contributed by atoms with van der Waals surface area (Å²) in [5.41, 5.74) is 4.00. The van der Waals surface area contributed by atoms with Crippen LogP contribution in [-0.4, -0.2) is 23.9 Å². The monoisotopic (exact) mass is 271 g/mol. The molecule has 0 radical (unpaired) electrons. The SMILES string of the molecule is COc1ccc(CCc2[nH]nc3c2CCCCN3)cc1. The van der Waals surface area contributed by atoms with Gasteiger partial charge in [0.05, 0.1) is 7.11 Å². The molecule has 0 fully saturated rings. The van der Waals surface area contributed by atoms with Crippen molar-refractivity contribution in [3.8, 4) is 5.75 Å². The molecule has 0 spiro atoms. The van der Waals surface area contributed by atoms with Gasteiger partial charge in [-0.3, -0.25) is 5.10 Å². The van der Waals surface area contributed by atoms with Gasteiger partial charge in [0.15, 0.2) is 5.82 Å². The molecule has 2 N–H and O–H groups in total. The number of anilines is 1. The predicted octanol–water partition coefficient (Wildman–Crippen LogP) is 2.95. The molecule has 0 saturated heterocycles. The van der Waals surface area contributed by atoms with Crippen LogP contribution in [-0.2, 0) is 19.3 Å². The van der Waals surface area contributed by atoms with E-state index in [4.69, 9.17) is 4.74 Å². The van der Waals surface area contributed by atoms with E-state index >= 15 is 0 Å². The number of H-pyrrole nitrogens is 1. The maximum Gasteiger partial charge on any atom is 0.151 e. The van der Waals surface area contributed by atoms with Gasteiger partial charge in [-0.25, -0.2) is 0 Å². The van der Waals surface area contributed by atoms with Crippen molar-refractivity contribution >= 4 is 5.82 Å². The largest absolute Gasteiger partial charge is 0.497 e. The Morgan fingerprint density at radius 1 is 1.15 bits per heavy atom. The highest BCUT2D eigenvalue weighted by molar-refractivity contribution is 5.47. The molecule has 0 aliphatic carbocycles. The molecule has 4 heteroatoms. The zero-order valence-electron chi connectivity index (χ0n) is 11.9. The Bertz CT molecular complexity index is 560. The third kappa shape index (κ3) is 2.79. The molecule has 1 aromatic carbocycles. The Labute approximate surface area is 119 Å². The second kappa shape index (κ2) is 5.99. The van der Waals surface area contributed by atoms with Crippen molar-refractivity contribution in [2.45, 2.75) is 32.1 Å². The summed E-state index contributed by atoms with van der Waals surface area (Å²) in [6.07, 6.45) is 5.65. The molecule has 0 atom stereocenters. The van der Waals surface area contributed by atoms with Crippen LogP contribution in [0.25, 0.3) is 0 Å². The molecule has 2 aromatic rings. The van der Waals surface area contributed by atoms with Crippen LogP contribution in [0.3, 0.4) is 0 Å². The van der Waals surface area contributed by atoms with E-state index in [2.05, 4.69) is 27.6 Å². The average Bonchev–Trinajstić information content (AvgIpc) is 2.72. The van der Waals surface area contributed by atoms with Gasteiger partial charge >= 0.3 is 0 Å². The second-order valence-corrected chi connectivity index (χ2v) is 5.26. The van der Waals surface area contributed by atoms with Crippen molar-refractivity contribution in [1.29, 1.82) is 0 Å². The van der Waals surface area contributed by atoms with Crippen LogP contribution in [0.2, 0.25) is 0 Å². The highest BCUT2D eigenvalue weighted by atomic mass is 16.5. The Hall–Kier alpha value is -1.97. The smallest absolute Gasteiger partial charge is 0.151 e. The number of methoxy groups -OCH3 is 1. The summed E-state index contributed by atoms with van der Waals surface area (Å²) >= 11 is 0. The summed E-state index contributed by atoms with van der Waals surface area (Å²) in [4.78, 5) is 0. The summed E-state index contributed by atoms with van der Waals surface area (Å²) in [5, 5.41) is 11.0. The van der Waals surface area contributed by atoms with Crippen LogP contribution in [0.4, 0.5) is 5.82 Å². The van der Waals surface area contributed by atoms with Crippen LogP contribution >= 0.6 is 0 Å². The summed E-state index contributed by atoms with van der Waals surface area (Å²) in [5.74, 6) is 1.97. The lowest BCUT2D eigenvalue weighted by atomic mass is 10.0. The van der Waals surface area contributed by atoms with Gasteiger partial charge in [0.25, 0.3) is 0 Å². The lowest BCUT2D eigenvalue weighted by molar-refractivity contribution is 0.414. The summed E-state index contributed by atoms with van der Waals surface area (Å²) < 4.78 is 5.18. The molecule has 1 aliphatic rings. The van der Waals surface area contributed by atoms with E-state index in [1.807, 2.05) is 12.1 Å². The van der Waals surface area contributed by atoms with Gasteiger partial charge in [0, 0.05) is 17.8 Å². The number of ether oxygens (including phenoxy) is 1. The Morgan fingerprint density at radius 3 is 2.80 bits per heavy atom. The van der Waals surface area contributed by atoms with Crippen molar-refractivity contribution in [1.82, 2.24) is 10.2 Å². The first-order chi connectivity index (χ1) is 9.86. The molecule has 106 valence electrons. The van der Waals surface area contributed by atoms with E-state index in [0.29, 0.717) is 0 Å². The number of aromatic nitrogens is 2. The van der Waals surface area contributed by atoms with Crippen molar-refractivity contribution in [2.24, 2.45) is 0 Å². The molecule has 0 bridgehead atoms.